The summed E-state index contributed by atoms with van der Waals surface area (Å²) in [5.41, 5.74) is 4.13. The Hall–Kier alpha value is -3.41. The minimum Gasteiger partial charge on any atom is -0.374 e. The largest absolute Gasteiger partial charge is 0.424 e. The highest BCUT2D eigenvalue weighted by Gasteiger charge is 2.67. The van der Waals surface area contributed by atoms with Gasteiger partial charge in [0.1, 0.15) is 5.54 Å². The maximum absolute atomic E-state index is 15.1. The van der Waals surface area contributed by atoms with E-state index in [-0.39, 0.29) is 16.7 Å². The van der Waals surface area contributed by atoms with Crippen molar-refractivity contribution in [2.45, 2.75) is 23.7 Å². The first-order chi connectivity index (χ1) is 15.8. The van der Waals surface area contributed by atoms with Gasteiger partial charge in [0.25, 0.3) is 0 Å². The van der Waals surface area contributed by atoms with Gasteiger partial charge in [-0.05, 0) is 45.4 Å². The second-order valence-corrected chi connectivity index (χ2v) is 8.41. The van der Waals surface area contributed by atoms with Gasteiger partial charge in [0.05, 0.1) is 0 Å². The molecule has 0 spiro atoms. The number of halogens is 3. The van der Waals surface area contributed by atoms with Crippen LogP contribution >= 0.6 is 0 Å². The van der Waals surface area contributed by atoms with Crippen LogP contribution in [0.25, 0.3) is 11.1 Å². The molecule has 1 unspecified atom stereocenters. The number of benzene rings is 4. The lowest BCUT2D eigenvalue weighted by Crippen LogP contribution is -2.64. The molecule has 3 N–H and O–H groups in total. The van der Waals surface area contributed by atoms with Crippen molar-refractivity contribution >= 4 is 0 Å². The van der Waals surface area contributed by atoms with Gasteiger partial charge in [-0.3, -0.25) is 0 Å². The Balaban J connectivity index is 1.85. The van der Waals surface area contributed by atoms with E-state index >= 15 is 13.2 Å². The van der Waals surface area contributed by atoms with Gasteiger partial charge in [0.15, 0.2) is 0 Å². The van der Waals surface area contributed by atoms with Crippen LogP contribution in [0, 0.1) is 0 Å². The third-order valence-electron chi connectivity index (χ3n) is 6.68. The van der Waals surface area contributed by atoms with Crippen molar-refractivity contribution in [3.8, 4) is 11.1 Å². The van der Waals surface area contributed by atoms with E-state index in [0.29, 0.717) is 17.5 Å². The Bertz CT molecular complexity index is 1260. The Morgan fingerprint density at radius 2 is 1.15 bits per heavy atom. The van der Waals surface area contributed by atoms with Crippen LogP contribution in [0.4, 0.5) is 13.2 Å². The van der Waals surface area contributed by atoms with Gasteiger partial charge in [-0.15, -0.1) is 0 Å². The van der Waals surface area contributed by atoms with Crippen LogP contribution in [0.5, 0.6) is 0 Å². The number of rotatable bonds is 4. The van der Waals surface area contributed by atoms with Gasteiger partial charge >= 0.3 is 6.18 Å². The molecule has 5 heteroatoms. The molecule has 0 aromatic heterocycles. The lowest BCUT2D eigenvalue weighted by Gasteiger charge is -2.47. The molecule has 0 amide bonds. The molecule has 0 saturated heterocycles. The number of alkyl halides is 3. The molecule has 0 saturated carbocycles. The molecule has 0 aliphatic heterocycles. The molecule has 0 heterocycles. The monoisotopic (exact) mass is 445 g/mol. The SMILES string of the molecule is NC(c1ccccc1)(c1ccccc1)C(O)(c1cccc2c1Cc1ccccc1-2)C(F)(F)F. The van der Waals surface area contributed by atoms with Crippen LogP contribution in [0.3, 0.4) is 0 Å². The van der Waals surface area contributed by atoms with Crippen molar-refractivity contribution in [3.05, 3.63) is 131 Å². The van der Waals surface area contributed by atoms with Gasteiger partial charge in [-0.1, -0.05) is 103 Å². The van der Waals surface area contributed by atoms with Gasteiger partial charge in [-0.2, -0.15) is 13.2 Å². The van der Waals surface area contributed by atoms with E-state index in [1.165, 1.54) is 30.3 Å². The van der Waals surface area contributed by atoms with Crippen LogP contribution in [0.1, 0.15) is 27.8 Å². The normalized spacial score (nSPS) is 14.9. The average molecular weight is 445 g/mol. The topological polar surface area (TPSA) is 46.2 Å². The first-order valence-electron chi connectivity index (χ1n) is 10.7. The predicted molar refractivity (Wildman–Crippen MR) is 122 cm³/mol. The number of hydrogen-bond donors (Lipinski definition) is 2. The van der Waals surface area contributed by atoms with Crippen molar-refractivity contribution < 1.29 is 18.3 Å². The van der Waals surface area contributed by atoms with Crippen LogP contribution in [0.15, 0.2) is 103 Å². The average Bonchev–Trinajstić information content (AvgIpc) is 3.22. The molecule has 1 aliphatic rings. The van der Waals surface area contributed by atoms with Crippen LogP contribution in [-0.4, -0.2) is 11.3 Å². The van der Waals surface area contributed by atoms with Crippen molar-refractivity contribution in [2.75, 3.05) is 0 Å². The molecular weight excluding hydrogens is 423 g/mol. The number of hydrogen-bond acceptors (Lipinski definition) is 2. The zero-order chi connectivity index (χ0) is 23.3. The zero-order valence-electron chi connectivity index (χ0n) is 17.7. The summed E-state index contributed by atoms with van der Waals surface area (Å²) >= 11 is 0. The molecule has 166 valence electrons. The van der Waals surface area contributed by atoms with E-state index in [4.69, 9.17) is 5.73 Å². The molecule has 4 aromatic rings. The Kier molecular flexibility index (Phi) is 4.92. The highest BCUT2D eigenvalue weighted by Crippen LogP contribution is 2.55. The lowest BCUT2D eigenvalue weighted by atomic mass is 9.66. The van der Waals surface area contributed by atoms with Gasteiger partial charge in [0.2, 0.25) is 5.60 Å². The summed E-state index contributed by atoms with van der Waals surface area (Å²) < 4.78 is 45.4. The van der Waals surface area contributed by atoms with Crippen LogP contribution < -0.4 is 5.73 Å². The summed E-state index contributed by atoms with van der Waals surface area (Å²) in [5, 5.41) is 11.9. The van der Waals surface area contributed by atoms with Gasteiger partial charge in [-0.25, -0.2) is 0 Å². The van der Waals surface area contributed by atoms with Gasteiger partial charge < -0.3 is 10.8 Å². The molecule has 0 fully saturated rings. The summed E-state index contributed by atoms with van der Waals surface area (Å²) in [6, 6.07) is 28.3. The minimum atomic E-state index is -5.07. The maximum Gasteiger partial charge on any atom is 0.424 e. The van der Waals surface area contributed by atoms with Crippen molar-refractivity contribution in [3.63, 3.8) is 0 Å². The molecule has 2 nitrogen and oxygen atoms in total. The first-order valence-corrected chi connectivity index (χ1v) is 10.7. The van der Waals surface area contributed by atoms with Gasteiger partial charge in [0, 0.05) is 0 Å². The summed E-state index contributed by atoms with van der Waals surface area (Å²) in [4.78, 5) is 0. The fourth-order valence-corrected chi connectivity index (χ4v) is 5.07. The number of aliphatic hydroxyl groups is 1. The second kappa shape index (κ2) is 7.58. The molecule has 1 atom stereocenters. The summed E-state index contributed by atoms with van der Waals surface area (Å²) in [5.74, 6) is 0. The van der Waals surface area contributed by atoms with E-state index in [0.717, 1.165) is 11.1 Å². The summed E-state index contributed by atoms with van der Waals surface area (Å²) in [6.45, 7) is 0. The molecule has 1 aliphatic carbocycles. The fourth-order valence-electron chi connectivity index (χ4n) is 5.07. The molecule has 0 bridgehead atoms. The summed E-state index contributed by atoms with van der Waals surface area (Å²) in [6.07, 6.45) is -4.78. The van der Waals surface area contributed by atoms with E-state index in [1.807, 2.05) is 24.3 Å². The molecule has 0 radical (unpaired) electrons. The third-order valence-corrected chi connectivity index (χ3v) is 6.68. The number of fused-ring (bicyclic) bond motifs is 3. The number of nitrogens with two attached hydrogens (primary N) is 1. The molecule has 5 rings (SSSR count). The highest BCUT2D eigenvalue weighted by atomic mass is 19.4. The van der Waals surface area contributed by atoms with Crippen molar-refractivity contribution in [1.82, 2.24) is 0 Å². The van der Waals surface area contributed by atoms with E-state index in [2.05, 4.69) is 0 Å². The fraction of sp³-hybridized carbons (Fsp3) is 0.143. The highest BCUT2D eigenvalue weighted by molar-refractivity contribution is 5.78. The Morgan fingerprint density at radius 1 is 0.636 bits per heavy atom. The van der Waals surface area contributed by atoms with Crippen molar-refractivity contribution in [2.24, 2.45) is 5.73 Å². The molecule has 33 heavy (non-hydrogen) atoms. The minimum absolute atomic E-state index is 0.170. The van der Waals surface area contributed by atoms with Crippen molar-refractivity contribution in [1.29, 1.82) is 0 Å². The Labute approximate surface area is 190 Å². The molecule has 4 aromatic carbocycles. The van der Waals surface area contributed by atoms with E-state index in [1.54, 1.807) is 48.5 Å². The Morgan fingerprint density at radius 3 is 1.73 bits per heavy atom. The van der Waals surface area contributed by atoms with Crippen LogP contribution in [0.2, 0.25) is 0 Å². The van der Waals surface area contributed by atoms with E-state index in [9.17, 15) is 5.11 Å². The van der Waals surface area contributed by atoms with E-state index < -0.39 is 17.3 Å². The smallest absolute Gasteiger partial charge is 0.374 e. The summed E-state index contributed by atoms with van der Waals surface area (Å²) in [7, 11) is 0. The second-order valence-electron chi connectivity index (χ2n) is 8.41. The lowest BCUT2D eigenvalue weighted by molar-refractivity contribution is -0.288. The third kappa shape index (κ3) is 3.04. The predicted octanol–water partition coefficient (Wildman–Crippen LogP) is 5.91. The zero-order valence-corrected chi connectivity index (χ0v) is 17.7. The van der Waals surface area contributed by atoms with Crippen LogP contribution in [-0.2, 0) is 17.6 Å². The first kappa shape index (κ1) is 21.4. The maximum atomic E-state index is 15.1. The standard InChI is InChI=1S/C28H22F3NO/c29-28(30,31)27(33,25-17-9-16-23-22-15-8-7-10-19(22)18-24(23)25)26(32,20-11-3-1-4-12-20)21-13-5-2-6-14-21/h1-17,33H,18,32H2. The quantitative estimate of drug-likeness (QED) is 0.361. The molecular formula is C28H22F3NO.